The van der Waals surface area contributed by atoms with Gasteiger partial charge in [-0.25, -0.2) is 4.98 Å². The molecular weight excluding hydrogens is 412 g/mol. The highest BCUT2D eigenvalue weighted by molar-refractivity contribution is 5.47. The predicted octanol–water partition coefficient (Wildman–Crippen LogP) is 3.73. The molecule has 3 aliphatic rings. The third-order valence-corrected chi connectivity index (χ3v) is 7.71. The molecule has 0 aliphatic carbocycles. The summed E-state index contributed by atoms with van der Waals surface area (Å²) >= 11 is 0. The second kappa shape index (κ2) is 12.9. The monoisotopic (exact) mass is 458 g/mol. The van der Waals surface area contributed by atoms with Crippen molar-refractivity contribution in [1.82, 2.24) is 20.2 Å². The predicted molar refractivity (Wildman–Crippen MR) is 136 cm³/mol. The molecule has 0 bridgehead atoms. The Morgan fingerprint density at radius 2 is 1.55 bits per heavy atom. The summed E-state index contributed by atoms with van der Waals surface area (Å²) in [5.74, 6) is 2.46. The van der Waals surface area contributed by atoms with Crippen LogP contribution in [-0.4, -0.2) is 78.6 Å². The van der Waals surface area contributed by atoms with E-state index in [0.717, 1.165) is 83.4 Å². The van der Waals surface area contributed by atoms with E-state index in [1.807, 2.05) is 0 Å². The van der Waals surface area contributed by atoms with Gasteiger partial charge in [0.05, 0.1) is 5.69 Å². The normalized spacial score (nSPS) is 21.6. The van der Waals surface area contributed by atoms with Gasteiger partial charge >= 0.3 is 0 Å². The minimum Gasteiger partial charge on any atom is -0.378 e. The summed E-state index contributed by atoms with van der Waals surface area (Å²) in [6, 6.07) is 2.28. The van der Waals surface area contributed by atoms with Gasteiger partial charge in [-0.05, 0) is 44.9 Å². The lowest BCUT2D eigenvalue weighted by Crippen LogP contribution is -2.48. The summed E-state index contributed by atoms with van der Waals surface area (Å²) in [6.45, 7) is 10.5. The first-order valence-corrected chi connectivity index (χ1v) is 13.8. The zero-order valence-corrected chi connectivity index (χ0v) is 20.9. The number of nitrogens with zero attached hydrogens (tertiary/aromatic N) is 5. The van der Waals surface area contributed by atoms with E-state index in [9.17, 15) is 5.11 Å². The summed E-state index contributed by atoms with van der Waals surface area (Å²) in [6.07, 6.45) is 12.7. The van der Waals surface area contributed by atoms with E-state index in [4.69, 9.17) is 9.97 Å². The molecule has 3 saturated heterocycles. The van der Waals surface area contributed by atoms with Gasteiger partial charge < -0.3 is 20.2 Å². The smallest absolute Gasteiger partial charge is 0.227 e. The number of anilines is 2. The Kier molecular flexibility index (Phi) is 9.62. The van der Waals surface area contributed by atoms with Crippen molar-refractivity contribution in [1.29, 1.82) is 0 Å². The standard InChI is InChI=1S/C26H46N6O/c1-2-3-4-5-10-22(11-12-25(33)31-19-13-27-14-20-31)23-21-24(30-15-6-7-16-30)29-26(28-23)32-17-8-9-18-32/h21-22,25,27,33H,2-20H2,1H3. The van der Waals surface area contributed by atoms with Crippen LogP contribution in [0.15, 0.2) is 6.07 Å². The minimum atomic E-state index is -0.344. The Morgan fingerprint density at radius 1 is 0.848 bits per heavy atom. The van der Waals surface area contributed by atoms with Gasteiger partial charge in [-0.3, -0.25) is 4.90 Å². The molecule has 0 radical (unpaired) electrons. The van der Waals surface area contributed by atoms with E-state index in [0.29, 0.717) is 5.92 Å². The topological polar surface area (TPSA) is 67.8 Å². The fraction of sp³-hybridized carbons (Fsp3) is 0.846. The Balaban J connectivity index is 1.51. The van der Waals surface area contributed by atoms with Gasteiger partial charge in [0.15, 0.2) is 0 Å². The number of nitrogens with one attached hydrogen (secondary N) is 1. The number of unbranched alkanes of at least 4 members (excludes halogenated alkanes) is 3. The van der Waals surface area contributed by atoms with Crippen molar-refractivity contribution in [3.63, 3.8) is 0 Å². The highest BCUT2D eigenvalue weighted by atomic mass is 16.3. The molecular formula is C26H46N6O. The van der Waals surface area contributed by atoms with E-state index in [2.05, 4.69) is 33.0 Å². The number of rotatable bonds is 12. The van der Waals surface area contributed by atoms with Crippen molar-refractivity contribution in [3.8, 4) is 0 Å². The molecule has 4 rings (SSSR count). The second-order valence-corrected chi connectivity index (χ2v) is 10.2. The number of piperazine rings is 1. The zero-order chi connectivity index (χ0) is 22.9. The molecule has 7 heteroatoms. The molecule has 2 unspecified atom stereocenters. The third-order valence-electron chi connectivity index (χ3n) is 7.71. The van der Waals surface area contributed by atoms with Crippen LogP contribution in [0.1, 0.15) is 89.2 Å². The first kappa shape index (κ1) is 24.7. The maximum atomic E-state index is 10.9. The van der Waals surface area contributed by atoms with E-state index in [1.54, 1.807) is 0 Å². The van der Waals surface area contributed by atoms with Crippen LogP contribution in [0.3, 0.4) is 0 Å². The van der Waals surface area contributed by atoms with E-state index < -0.39 is 0 Å². The molecule has 0 amide bonds. The summed E-state index contributed by atoms with van der Waals surface area (Å²) in [4.78, 5) is 17.3. The van der Waals surface area contributed by atoms with Gasteiger partial charge in [0, 0.05) is 64.3 Å². The van der Waals surface area contributed by atoms with Crippen LogP contribution in [-0.2, 0) is 0 Å². The first-order valence-electron chi connectivity index (χ1n) is 13.8. The molecule has 33 heavy (non-hydrogen) atoms. The molecule has 2 atom stereocenters. The molecule has 2 N–H and O–H groups in total. The molecule has 186 valence electrons. The molecule has 1 aromatic heterocycles. The Morgan fingerprint density at radius 3 is 2.24 bits per heavy atom. The fourth-order valence-corrected chi connectivity index (χ4v) is 5.59. The maximum absolute atomic E-state index is 10.9. The summed E-state index contributed by atoms with van der Waals surface area (Å²) < 4.78 is 0. The molecule has 1 aromatic rings. The highest BCUT2D eigenvalue weighted by Gasteiger charge is 2.25. The van der Waals surface area contributed by atoms with Gasteiger partial charge in [-0.2, -0.15) is 4.98 Å². The lowest BCUT2D eigenvalue weighted by atomic mass is 9.92. The average molecular weight is 459 g/mol. The van der Waals surface area contributed by atoms with Crippen LogP contribution in [0.25, 0.3) is 0 Å². The van der Waals surface area contributed by atoms with E-state index in [-0.39, 0.29) is 6.23 Å². The molecule has 0 spiro atoms. The molecule has 3 aliphatic heterocycles. The Labute approximate surface area is 201 Å². The lowest BCUT2D eigenvalue weighted by molar-refractivity contribution is -0.0117. The lowest BCUT2D eigenvalue weighted by Gasteiger charge is -2.32. The second-order valence-electron chi connectivity index (χ2n) is 10.2. The summed E-state index contributed by atoms with van der Waals surface area (Å²) in [7, 11) is 0. The van der Waals surface area contributed by atoms with Crippen LogP contribution in [0.5, 0.6) is 0 Å². The van der Waals surface area contributed by atoms with Crippen molar-refractivity contribution in [2.24, 2.45) is 0 Å². The van der Waals surface area contributed by atoms with Crippen LogP contribution in [0.4, 0.5) is 11.8 Å². The van der Waals surface area contributed by atoms with Gasteiger partial charge in [0.2, 0.25) is 5.95 Å². The van der Waals surface area contributed by atoms with Crippen LogP contribution in [0, 0.1) is 0 Å². The first-order chi connectivity index (χ1) is 16.2. The Bertz CT molecular complexity index is 664. The fourth-order valence-electron chi connectivity index (χ4n) is 5.59. The van der Waals surface area contributed by atoms with Gasteiger partial charge in [0.25, 0.3) is 0 Å². The molecule has 3 fully saturated rings. The molecule has 4 heterocycles. The number of aliphatic hydroxyl groups is 1. The van der Waals surface area contributed by atoms with Crippen LogP contribution < -0.4 is 15.1 Å². The quantitative estimate of drug-likeness (QED) is 0.463. The van der Waals surface area contributed by atoms with E-state index in [1.165, 1.54) is 57.1 Å². The van der Waals surface area contributed by atoms with Gasteiger partial charge in [-0.15, -0.1) is 0 Å². The van der Waals surface area contributed by atoms with Crippen LogP contribution in [0.2, 0.25) is 0 Å². The highest BCUT2D eigenvalue weighted by Crippen LogP contribution is 2.32. The van der Waals surface area contributed by atoms with Gasteiger partial charge in [-0.1, -0.05) is 32.6 Å². The largest absolute Gasteiger partial charge is 0.378 e. The van der Waals surface area contributed by atoms with Crippen molar-refractivity contribution >= 4 is 11.8 Å². The molecule has 0 saturated carbocycles. The maximum Gasteiger partial charge on any atom is 0.227 e. The number of hydrogen-bond acceptors (Lipinski definition) is 7. The van der Waals surface area contributed by atoms with Crippen LogP contribution >= 0.6 is 0 Å². The van der Waals surface area contributed by atoms with Crippen molar-refractivity contribution in [3.05, 3.63) is 11.8 Å². The minimum absolute atomic E-state index is 0.344. The molecule has 0 aromatic carbocycles. The number of aromatic nitrogens is 2. The number of aliphatic hydroxyl groups excluding tert-OH is 1. The zero-order valence-electron chi connectivity index (χ0n) is 20.9. The van der Waals surface area contributed by atoms with Crippen molar-refractivity contribution in [2.75, 3.05) is 62.2 Å². The van der Waals surface area contributed by atoms with Crippen molar-refractivity contribution < 1.29 is 5.11 Å². The van der Waals surface area contributed by atoms with E-state index >= 15 is 0 Å². The third kappa shape index (κ3) is 7.03. The van der Waals surface area contributed by atoms with Crippen molar-refractivity contribution in [2.45, 2.75) is 89.7 Å². The SMILES string of the molecule is CCCCCCC(CCC(O)N1CCNCC1)c1cc(N2CCCC2)nc(N2CCCC2)n1. The van der Waals surface area contributed by atoms with Gasteiger partial charge in [0.1, 0.15) is 12.0 Å². The average Bonchev–Trinajstić information content (AvgIpc) is 3.58. The summed E-state index contributed by atoms with van der Waals surface area (Å²) in [5, 5.41) is 14.3. The Hall–Kier alpha value is -1.44. The summed E-state index contributed by atoms with van der Waals surface area (Å²) in [5.41, 5.74) is 1.21. The number of hydrogen-bond donors (Lipinski definition) is 2. The molecule has 7 nitrogen and oxygen atoms in total.